The van der Waals surface area contributed by atoms with E-state index < -0.39 is 44.8 Å². The average molecular weight is 506 g/mol. The first-order valence-corrected chi connectivity index (χ1v) is 9.45. The van der Waals surface area contributed by atoms with Gasteiger partial charge in [0.15, 0.2) is 11.4 Å². The quantitative estimate of drug-likeness (QED) is 0.357. The molecule has 1 heterocycles. The SMILES string of the molecule is CCOC(=O)c1nn(-c2c(Cl)cc(C(F)(F)F)cc2Cl)c(Cl)c1C=N/C(C#N)=C(\N)C#N. The van der Waals surface area contributed by atoms with Gasteiger partial charge >= 0.3 is 12.1 Å². The van der Waals surface area contributed by atoms with Crippen LogP contribution in [-0.2, 0) is 10.9 Å². The number of allylic oxidation sites excluding steroid dienone is 2. The Balaban J connectivity index is 2.76. The fraction of sp³-hybridized carbons (Fsp3) is 0.167. The van der Waals surface area contributed by atoms with Crippen molar-refractivity contribution in [2.75, 3.05) is 6.61 Å². The maximum atomic E-state index is 13.0. The van der Waals surface area contributed by atoms with Gasteiger partial charge in [0.1, 0.15) is 28.7 Å². The lowest BCUT2D eigenvalue weighted by molar-refractivity contribution is -0.137. The highest BCUT2D eigenvalue weighted by molar-refractivity contribution is 6.38. The molecule has 8 nitrogen and oxygen atoms in total. The van der Waals surface area contributed by atoms with Crippen LogP contribution in [0, 0.1) is 22.7 Å². The normalized spacial score (nSPS) is 12.3. The van der Waals surface area contributed by atoms with Crippen LogP contribution >= 0.6 is 34.8 Å². The topological polar surface area (TPSA) is 130 Å². The first-order chi connectivity index (χ1) is 15.0. The molecule has 2 rings (SSSR count). The maximum Gasteiger partial charge on any atom is 0.416 e. The van der Waals surface area contributed by atoms with Crippen molar-refractivity contribution < 1.29 is 22.7 Å². The number of nitriles is 2. The molecule has 2 aromatic rings. The number of carbonyl (C=O) groups is 1. The van der Waals surface area contributed by atoms with Gasteiger partial charge in [-0.1, -0.05) is 34.8 Å². The van der Waals surface area contributed by atoms with Crippen LogP contribution in [0.15, 0.2) is 28.5 Å². The van der Waals surface area contributed by atoms with E-state index in [-0.39, 0.29) is 23.0 Å². The molecule has 1 aromatic heterocycles. The average Bonchev–Trinajstić information content (AvgIpc) is 3.03. The molecular formula is C18H10Cl3F3N6O2. The first kappa shape index (κ1) is 25.0. The summed E-state index contributed by atoms with van der Waals surface area (Å²) in [6, 6.07) is 4.36. The lowest BCUT2D eigenvalue weighted by atomic mass is 10.2. The number of nitrogens with two attached hydrogens (primary N) is 1. The van der Waals surface area contributed by atoms with Gasteiger partial charge in [0.05, 0.1) is 27.8 Å². The van der Waals surface area contributed by atoms with Crippen LogP contribution < -0.4 is 5.73 Å². The molecule has 0 saturated carbocycles. The van der Waals surface area contributed by atoms with E-state index >= 15 is 0 Å². The molecule has 2 N–H and O–H groups in total. The molecule has 0 spiro atoms. The summed E-state index contributed by atoms with van der Waals surface area (Å²) in [6.45, 7) is 1.49. The van der Waals surface area contributed by atoms with Crippen LogP contribution in [-0.4, -0.2) is 28.6 Å². The van der Waals surface area contributed by atoms with Crippen LogP contribution in [0.25, 0.3) is 5.69 Å². The second kappa shape index (κ2) is 9.92. The molecule has 0 saturated heterocycles. The summed E-state index contributed by atoms with van der Waals surface area (Å²) in [5, 5.41) is 20.6. The van der Waals surface area contributed by atoms with Crippen molar-refractivity contribution in [3.8, 4) is 17.8 Å². The zero-order valence-corrected chi connectivity index (χ0v) is 18.1. The highest BCUT2D eigenvalue weighted by Gasteiger charge is 2.33. The molecule has 0 aliphatic heterocycles. The Labute approximate surface area is 193 Å². The second-order valence-electron chi connectivity index (χ2n) is 5.72. The van der Waals surface area contributed by atoms with E-state index in [1.807, 2.05) is 0 Å². The molecule has 0 atom stereocenters. The Hall–Kier alpha value is -3.25. The predicted octanol–water partition coefficient (Wildman–Crippen LogP) is 4.66. The van der Waals surface area contributed by atoms with Crippen molar-refractivity contribution >= 4 is 47.0 Å². The number of hydrogen-bond acceptors (Lipinski definition) is 7. The van der Waals surface area contributed by atoms with E-state index in [4.69, 9.17) is 55.8 Å². The minimum atomic E-state index is -4.71. The monoisotopic (exact) mass is 504 g/mol. The van der Waals surface area contributed by atoms with E-state index in [2.05, 4.69) is 10.1 Å². The molecular weight excluding hydrogens is 496 g/mol. The third-order valence-electron chi connectivity index (χ3n) is 3.69. The molecule has 32 heavy (non-hydrogen) atoms. The van der Waals surface area contributed by atoms with Gasteiger partial charge in [-0.2, -0.15) is 28.8 Å². The van der Waals surface area contributed by atoms with E-state index in [0.29, 0.717) is 12.1 Å². The molecule has 0 bridgehead atoms. The lowest BCUT2D eigenvalue weighted by Gasteiger charge is -2.13. The highest BCUT2D eigenvalue weighted by Crippen LogP contribution is 2.39. The summed E-state index contributed by atoms with van der Waals surface area (Å²) in [5.74, 6) is -0.954. The van der Waals surface area contributed by atoms with Crippen molar-refractivity contribution in [3.63, 3.8) is 0 Å². The minimum Gasteiger partial charge on any atom is -0.461 e. The molecule has 14 heteroatoms. The van der Waals surface area contributed by atoms with Crippen molar-refractivity contribution in [3.05, 3.63) is 55.5 Å². The zero-order valence-electron chi connectivity index (χ0n) is 15.8. The number of nitrogens with zero attached hydrogens (tertiary/aromatic N) is 5. The third-order valence-corrected chi connectivity index (χ3v) is 4.63. The smallest absolute Gasteiger partial charge is 0.416 e. The molecule has 0 amide bonds. The summed E-state index contributed by atoms with van der Waals surface area (Å²) in [7, 11) is 0. The van der Waals surface area contributed by atoms with Gasteiger partial charge in [-0.05, 0) is 19.1 Å². The van der Waals surface area contributed by atoms with Gasteiger partial charge in [0.2, 0.25) is 0 Å². The summed E-state index contributed by atoms with van der Waals surface area (Å²) in [5.41, 5.74) is 2.45. The summed E-state index contributed by atoms with van der Waals surface area (Å²) in [4.78, 5) is 16.1. The molecule has 166 valence electrons. The van der Waals surface area contributed by atoms with Crippen LogP contribution in [0.5, 0.6) is 0 Å². The van der Waals surface area contributed by atoms with Crippen LogP contribution in [0.3, 0.4) is 0 Å². The van der Waals surface area contributed by atoms with Crippen LogP contribution in [0.2, 0.25) is 15.2 Å². The molecule has 0 unspecified atom stereocenters. The summed E-state index contributed by atoms with van der Waals surface area (Å²) in [6.07, 6.45) is -3.79. The number of esters is 1. The number of aliphatic imine (C=N–C) groups is 1. The van der Waals surface area contributed by atoms with E-state index in [0.717, 1.165) is 10.9 Å². The van der Waals surface area contributed by atoms with E-state index in [1.54, 1.807) is 6.07 Å². The maximum absolute atomic E-state index is 13.0. The fourth-order valence-corrected chi connectivity index (χ4v) is 3.20. The molecule has 0 aliphatic carbocycles. The molecule has 0 fully saturated rings. The fourth-order valence-electron chi connectivity index (χ4n) is 2.29. The number of hydrogen-bond donors (Lipinski definition) is 1. The van der Waals surface area contributed by atoms with E-state index in [1.165, 1.54) is 13.0 Å². The standard InChI is InChI=1S/C18H10Cl3F3N6O2/c1-2-32-17(31)14-9(7-28-13(6-26)12(27)5-25)16(21)30(29-14)15-10(19)3-8(4-11(15)20)18(22,23)24/h3-4,7H,2,27H2,1H3/b13-12-,28-7?. The first-order valence-electron chi connectivity index (χ1n) is 8.32. The van der Waals surface area contributed by atoms with Gasteiger partial charge in [-0.15, -0.1) is 0 Å². The minimum absolute atomic E-state index is 0.0353. The van der Waals surface area contributed by atoms with Gasteiger partial charge in [-0.3, -0.25) is 0 Å². The van der Waals surface area contributed by atoms with Gasteiger partial charge in [-0.25, -0.2) is 14.5 Å². The van der Waals surface area contributed by atoms with Crippen molar-refractivity contribution in [1.82, 2.24) is 9.78 Å². The zero-order chi connectivity index (χ0) is 24.2. The summed E-state index contributed by atoms with van der Waals surface area (Å²) >= 11 is 18.3. The Morgan fingerprint density at radius 3 is 2.34 bits per heavy atom. The third kappa shape index (κ3) is 5.14. The van der Waals surface area contributed by atoms with Gasteiger partial charge in [0.25, 0.3) is 0 Å². The van der Waals surface area contributed by atoms with Crippen LogP contribution in [0.1, 0.15) is 28.5 Å². The Bertz CT molecular complexity index is 1200. The molecule has 0 radical (unpaired) electrons. The van der Waals surface area contributed by atoms with Crippen molar-refractivity contribution in [2.45, 2.75) is 13.1 Å². The number of rotatable bonds is 5. The second-order valence-corrected chi connectivity index (χ2v) is 6.89. The number of carbonyl (C=O) groups excluding carboxylic acids is 1. The Morgan fingerprint density at radius 2 is 1.88 bits per heavy atom. The number of aromatic nitrogens is 2. The molecule has 1 aromatic carbocycles. The lowest BCUT2D eigenvalue weighted by Crippen LogP contribution is -2.09. The van der Waals surface area contributed by atoms with Crippen LogP contribution in [0.4, 0.5) is 13.2 Å². The summed E-state index contributed by atoms with van der Waals surface area (Å²) < 4.78 is 44.8. The Kier molecular flexibility index (Phi) is 7.75. The van der Waals surface area contributed by atoms with Gasteiger partial charge < -0.3 is 10.5 Å². The highest BCUT2D eigenvalue weighted by atomic mass is 35.5. The number of benzene rings is 1. The molecule has 0 aliphatic rings. The number of halogens is 6. The largest absolute Gasteiger partial charge is 0.461 e. The number of ether oxygens (including phenoxy) is 1. The van der Waals surface area contributed by atoms with Crippen molar-refractivity contribution in [2.24, 2.45) is 10.7 Å². The Morgan fingerprint density at radius 1 is 1.28 bits per heavy atom. The number of alkyl halides is 3. The predicted molar refractivity (Wildman–Crippen MR) is 110 cm³/mol. The van der Waals surface area contributed by atoms with E-state index in [9.17, 15) is 18.0 Å². The van der Waals surface area contributed by atoms with Crippen molar-refractivity contribution in [1.29, 1.82) is 10.5 Å². The van der Waals surface area contributed by atoms with Gasteiger partial charge in [0, 0.05) is 6.21 Å².